The number of halogens is 1. The summed E-state index contributed by atoms with van der Waals surface area (Å²) in [7, 11) is -2.56. The minimum Gasteiger partial charge on any atom is -0.490 e. The molecular formula is C26H30ClN2O4PS2. The zero-order valence-electron chi connectivity index (χ0n) is 20.6. The van der Waals surface area contributed by atoms with Crippen LogP contribution in [0.5, 0.6) is 5.75 Å². The lowest BCUT2D eigenvalue weighted by molar-refractivity contribution is -0.0956. The number of rotatable bonds is 1. The Labute approximate surface area is 222 Å². The van der Waals surface area contributed by atoms with E-state index >= 15 is 4.21 Å². The van der Waals surface area contributed by atoms with Crippen LogP contribution in [0, 0.1) is 6.16 Å². The van der Waals surface area contributed by atoms with Crippen molar-refractivity contribution in [3.63, 3.8) is 0 Å². The summed E-state index contributed by atoms with van der Waals surface area (Å²) in [6.45, 7) is 8.53. The highest BCUT2D eigenvalue weighted by Gasteiger charge is 2.60. The van der Waals surface area contributed by atoms with Gasteiger partial charge in [0.2, 0.25) is 0 Å². The van der Waals surface area contributed by atoms with Crippen molar-refractivity contribution in [3.8, 4) is 5.75 Å². The van der Waals surface area contributed by atoms with Crippen molar-refractivity contribution < 1.29 is 18.8 Å². The average Bonchev–Trinajstić information content (AvgIpc) is 3.43. The summed E-state index contributed by atoms with van der Waals surface area (Å²) in [6, 6.07) is 6.28. The molecule has 0 amide bonds. The summed E-state index contributed by atoms with van der Waals surface area (Å²) >= 11 is 8.25. The first-order valence-corrected chi connectivity index (χ1v) is 17.1. The van der Waals surface area contributed by atoms with Crippen molar-refractivity contribution in [2.24, 2.45) is 0 Å². The maximum atomic E-state index is 15.7. The van der Waals surface area contributed by atoms with E-state index in [1.165, 1.54) is 0 Å². The molecule has 7 heterocycles. The molecule has 6 aliphatic heterocycles. The molecule has 8 rings (SSSR count). The quantitative estimate of drug-likeness (QED) is 0.312. The van der Waals surface area contributed by atoms with Crippen LogP contribution in [0.15, 0.2) is 24.3 Å². The van der Waals surface area contributed by atoms with Crippen molar-refractivity contribution in [1.82, 2.24) is 4.31 Å². The first kappa shape index (κ1) is 23.8. The number of aliphatic hydroxyl groups is 1. The molecule has 10 heteroatoms. The van der Waals surface area contributed by atoms with E-state index in [-0.39, 0.29) is 18.2 Å². The van der Waals surface area contributed by atoms with E-state index in [0.717, 1.165) is 57.1 Å². The first-order valence-electron chi connectivity index (χ1n) is 12.4. The highest BCUT2D eigenvalue weighted by molar-refractivity contribution is 8.32. The molecule has 0 radical (unpaired) electrons. The molecule has 2 saturated heterocycles. The van der Waals surface area contributed by atoms with Crippen molar-refractivity contribution in [3.05, 3.63) is 50.8 Å². The van der Waals surface area contributed by atoms with Crippen molar-refractivity contribution in [2.45, 2.75) is 50.1 Å². The molecule has 192 valence electrons. The van der Waals surface area contributed by atoms with E-state index in [1.807, 2.05) is 12.1 Å². The summed E-state index contributed by atoms with van der Waals surface area (Å²) in [5.41, 5.74) is 2.98. The van der Waals surface area contributed by atoms with E-state index < -0.39 is 20.7 Å². The van der Waals surface area contributed by atoms with Gasteiger partial charge in [-0.05, 0) is 33.4 Å². The topological polar surface area (TPSA) is 62.2 Å². The van der Waals surface area contributed by atoms with Gasteiger partial charge in [-0.1, -0.05) is 29.3 Å². The van der Waals surface area contributed by atoms with E-state index in [1.54, 1.807) is 11.3 Å². The molecule has 2 fully saturated rings. The second-order valence-electron chi connectivity index (χ2n) is 11.2. The van der Waals surface area contributed by atoms with Crippen LogP contribution in [-0.2, 0) is 20.6 Å². The average molecular weight is 565 g/mol. The summed E-state index contributed by atoms with van der Waals surface area (Å²) in [4.78, 5) is 4.48. The van der Waals surface area contributed by atoms with Crippen LogP contribution in [0.3, 0.4) is 0 Å². The summed E-state index contributed by atoms with van der Waals surface area (Å²) in [6.07, 6.45) is 5.30. The summed E-state index contributed by atoms with van der Waals surface area (Å²) < 4.78 is 29.7. The molecule has 0 aliphatic carbocycles. The van der Waals surface area contributed by atoms with Crippen molar-refractivity contribution >= 4 is 55.5 Å². The third kappa shape index (κ3) is 3.07. The fraction of sp³-hybridized carbons (Fsp3) is 0.500. The number of ether oxygens (including phenoxy) is 2. The molecular weight excluding hydrogens is 535 g/mol. The smallest absolute Gasteiger partial charge is 0.159 e. The van der Waals surface area contributed by atoms with Crippen molar-refractivity contribution in [1.29, 1.82) is 0 Å². The van der Waals surface area contributed by atoms with Crippen LogP contribution < -0.4 is 14.9 Å². The number of thiophene rings is 1. The van der Waals surface area contributed by atoms with Gasteiger partial charge in [-0.15, -0.1) is 0 Å². The number of aliphatic hydroxyl groups excluding tert-OH is 1. The van der Waals surface area contributed by atoms with Gasteiger partial charge in [-0.2, -0.15) is 16.0 Å². The zero-order valence-corrected chi connectivity index (χ0v) is 23.9. The molecule has 2 aromatic rings. The van der Waals surface area contributed by atoms with Crippen LogP contribution in [-0.4, -0.2) is 62.9 Å². The molecule has 4 bridgehead atoms. The van der Waals surface area contributed by atoms with E-state index in [0.29, 0.717) is 24.8 Å². The lowest BCUT2D eigenvalue weighted by Crippen LogP contribution is -2.62. The first-order chi connectivity index (χ1) is 17.2. The molecule has 6 nitrogen and oxygen atoms in total. The second-order valence-corrected chi connectivity index (χ2v) is 19.6. The predicted molar refractivity (Wildman–Crippen MR) is 149 cm³/mol. The van der Waals surface area contributed by atoms with Crippen LogP contribution >= 0.6 is 29.6 Å². The zero-order chi connectivity index (χ0) is 25.0. The molecule has 1 spiro atoms. The van der Waals surface area contributed by atoms with Gasteiger partial charge in [0.1, 0.15) is 17.2 Å². The molecule has 6 aliphatic rings. The number of anilines is 1. The minimum atomic E-state index is -2.56. The molecule has 1 N–H and O–H groups in total. The standard InChI is InChI=1S/C26H30ClN2O4PS2/c1-25(2,3)36(31)29-12-17(11-26(29)14-32-15-26)28-5-6-33-21-9-16(27)8-20(23(21)28)19-4-7-34(36)22-10-18(13-30)35-24(19)22/h4,7-10,17,30H,5-6,11-15H2,1-3H3/t17-,36?/m0/s1. The molecule has 36 heavy (non-hydrogen) atoms. The van der Waals surface area contributed by atoms with Gasteiger partial charge in [0, 0.05) is 23.7 Å². The molecule has 1 aromatic carbocycles. The van der Waals surface area contributed by atoms with Gasteiger partial charge in [0.05, 0.1) is 70.6 Å². The number of hydrogen-bond acceptors (Lipinski definition) is 5. The number of allylic oxidation sites excluding steroid dienone is 1. The Morgan fingerprint density at radius 3 is 2.89 bits per heavy atom. The molecule has 4 atom stereocenters. The summed E-state index contributed by atoms with van der Waals surface area (Å²) in [5.74, 6) is 0.811. The van der Waals surface area contributed by atoms with Gasteiger partial charge in [-0.3, -0.25) is 0 Å². The third-order valence-corrected chi connectivity index (χ3v) is 18.9. The van der Waals surface area contributed by atoms with Crippen LogP contribution in [0.2, 0.25) is 5.02 Å². The van der Waals surface area contributed by atoms with Gasteiger partial charge in [-0.25, -0.2) is 4.21 Å². The van der Waals surface area contributed by atoms with Crippen LogP contribution in [0.25, 0.3) is 5.57 Å². The normalized spacial score (nSPS) is 30.5. The molecule has 3 unspecified atom stereocenters. The van der Waals surface area contributed by atoms with Crippen molar-refractivity contribution in [2.75, 3.05) is 37.8 Å². The Balaban J connectivity index is 1.62. The van der Waals surface area contributed by atoms with Gasteiger partial charge in [0.25, 0.3) is 0 Å². The maximum Gasteiger partial charge on any atom is 0.159 e. The highest BCUT2D eigenvalue weighted by atomic mass is 35.5. The van der Waals surface area contributed by atoms with Crippen LogP contribution in [0.4, 0.5) is 5.69 Å². The Kier molecular flexibility index (Phi) is 5.22. The Morgan fingerprint density at radius 2 is 2.19 bits per heavy atom. The fourth-order valence-corrected chi connectivity index (χ4v) is 17.3. The number of fused-ring (bicyclic) bond motifs is 1. The van der Waals surface area contributed by atoms with Crippen LogP contribution in [0.1, 0.15) is 42.5 Å². The SMILES string of the molecule is CC(C)(C)S1(=O)=[P+]2[CH-]C=C(c3cc(Cl)cc4c3N(CCO4)[C@@H]3CN1C1(COC1)C3)c1[s+][c-](CO)cc12. The van der Waals surface area contributed by atoms with Gasteiger partial charge >= 0.3 is 0 Å². The monoisotopic (exact) mass is 564 g/mol. The van der Waals surface area contributed by atoms with E-state index in [4.69, 9.17) is 21.1 Å². The summed E-state index contributed by atoms with van der Waals surface area (Å²) in [5, 5.41) is 11.9. The Hall–Kier alpha value is -1.25. The van der Waals surface area contributed by atoms with Gasteiger partial charge < -0.3 is 19.5 Å². The molecule has 1 aromatic heterocycles. The van der Waals surface area contributed by atoms with E-state index in [2.05, 4.69) is 48.3 Å². The highest BCUT2D eigenvalue weighted by Crippen LogP contribution is 2.57. The number of hydrogen-bond donors (Lipinski definition) is 1. The number of nitrogens with zero attached hydrogens (tertiary/aromatic N) is 2. The fourth-order valence-electron chi connectivity index (χ4n) is 6.40. The lowest BCUT2D eigenvalue weighted by atomic mass is 9.92. The minimum absolute atomic E-state index is 0.0305. The number of benzene rings is 1. The largest absolute Gasteiger partial charge is 0.490 e. The lowest BCUT2D eigenvalue weighted by Gasteiger charge is -2.48. The Morgan fingerprint density at radius 1 is 1.39 bits per heavy atom. The Bertz CT molecular complexity index is 1450. The third-order valence-electron chi connectivity index (χ3n) is 8.05. The molecule has 0 saturated carbocycles. The second kappa shape index (κ2) is 7.89. The van der Waals surface area contributed by atoms with E-state index in [9.17, 15) is 5.11 Å². The predicted octanol–water partition coefficient (Wildman–Crippen LogP) is 4.58. The maximum absolute atomic E-state index is 15.7. The van der Waals surface area contributed by atoms with Gasteiger partial charge in [0.15, 0.2) is 9.30 Å².